The van der Waals surface area contributed by atoms with E-state index in [1.54, 1.807) is 7.11 Å². The van der Waals surface area contributed by atoms with Gasteiger partial charge in [-0.3, -0.25) is 0 Å². The molecule has 0 spiro atoms. The van der Waals surface area contributed by atoms with Crippen LogP contribution in [0.15, 0.2) is 23.1 Å². The van der Waals surface area contributed by atoms with Crippen molar-refractivity contribution in [2.24, 2.45) is 23.7 Å². The Kier molecular flexibility index (Phi) is 4.16. The molecule has 0 heterocycles. The Bertz CT molecular complexity index is 753. The average Bonchev–Trinajstić information content (AvgIpc) is 2.57. The van der Waals surface area contributed by atoms with Crippen LogP contribution in [-0.4, -0.2) is 27.7 Å². The Labute approximate surface area is 147 Å². The van der Waals surface area contributed by atoms with Crippen LogP contribution in [0.25, 0.3) is 0 Å². The summed E-state index contributed by atoms with van der Waals surface area (Å²) in [6, 6.07) is 2.63. The molecule has 5 rings (SSSR count). The molecule has 0 amide bonds. The van der Waals surface area contributed by atoms with Crippen LogP contribution >= 0.6 is 0 Å². The number of hydrogen-bond donors (Lipinski definition) is 1. The van der Waals surface area contributed by atoms with Crippen molar-refractivity contribution in [1.82, 2.24) is 4.72 Å². The predicted molar refractivity (Wildman–Crippen MR) is 88.3 cm³/mol. The normalized spacial score (nSPS) is 36.8. The fraction of sp³-hybridized carbons (Fsp3) is 0.667. The first-order valence-corrected chi connectivity index (χ1v) is 10.3. The Morgan fingerprint density at radius 1 is 1.08 bits per heavy atom. The maximum atomic E-state index is 13.4. The van der Waals surface area contributed by atoms with Crippen molar-refractivity contribution in [2.75, 3.05) is 13.7 Å². The molecule has 4 aliphatic rings. The molecule has 1 N–H and O–H groups in total. The lowest BCUT2D eigenvalue weighted by molar-refractivity contribution is -0.185. The molecule has 1 aromatic rings. The fourth-order valence-corrected chi connectivity index (χ4v) is 6.70. The van der Waals surface area contributed by atoms with Gasteiger partial charge in [0.15, 0.2) is 11.6 Å². The molecule has 4 aliphatic carbocycles. The smallest absolute Gasteiger partial charge is 0.240 e. The minimum atomic E-state index is -3.92. The predicted octanol–water partition coefficient (Wildman–Crippen LogP) is 3.08. The highest BCUT2D eigenvalue weighted by Crippen LogP contribution is 2.59. The number of nitrogens with one attached hydrogen (secondary N) is 1. The van der Waals surface area contributed by atoms with E-state index in [4.69, 9.17) is 4.74 Å². The summed E-state index contributed by atoms with van der Waals surface area (Å²) < 4.78 is 60.1. The zero-order valence-corrected chi connectivity index (χ0v) is 15.0. The first-order valence-electron chi connectivity index (χ1n) is 8.84. The monoisotopic (exact) mass is 371 g/mol. The van der Waals surface area contributed by atoms with Crippen molar-refractivity contribution in [1.29, 1.82) is 0 Å². The van der Waals surface area contributed by atoms with Crippen LogP contribution in [0.5, 0.6) is 0 Å². The van der Waals surface area contributed by atoms with Crippen LogP contribution in [0.4, 0.5) is 8.78 Å². The summed E-state index contributed by atoms with van der Waals surface area (Å²) >= 11 is 0. The summed E-state index contributed by atoms with van der Waals surface area (Å²) in [7, 11) is -2.26. The Morgan fingerprint density at radius 2 is 1.68 bits per heavy atom. The minimum absolute atomic E-state index is 0.180. The van der Waals surface area contributed by atoms with Crippen LogP contribution in [-0.2, 0) is 14.8 Å². The van der Waals surface area contributed by atoms with E-state index in [0.29, 0.717) is 17.9 Å². The molecule has 0 aliphatic heterocycles. The van der Waals surface area contributed by atoms with Gasteiger partial charge in [-0.05, 0) is 74.0 Å². The highest BCUT2D eigenvalue weighted by molar-refractivity contribution is 7.89. The van der Waals surface area contributed by atoms with E-state index in [2.05, 4.69) is 4.72 Å². The second-order valence-corrected chi connectivity index (χ2v) is 9.63. The van der Waals surface area contributed by atoms with Gasteiger partial charge in [0.1, 0.15) is 0 Å². The van der Waals surface area contributed by atoms with E-state index >= 15 is 0 Å². The van der Waals surface area contributed by atoms with Crippen molar-refractivity contribution in [3.63, 3.8) is 0 Å². The van der Waals surface area contributed by atoms with Crippen LogP contribution < -0.4 is 4.72 Å². The van der Waals surface area contributed by atoms with Gasteiger partial charge < -0.3 is 4.74 Å². The number of hydrogen-bond acceptors (Lipinski definition) is 3. The summed E-state index contributed by atoms with van der Waals surface area (Å²) in [5, 5.41) is 0. The zero-order valence-electron chi connectivity index (χ0n) is 14.2. The van der Waals surface area contributed by atoms with E-state index < -0.39 is 27.3 Å². The summed E-state index contributed by atoms with van der Waals surface area (Å²) in [6.07, 6.45) is 5.66. The molecule has 0 aromatic heterocycles. The second-order valence-electron chi connectivity index (χ2n) is 7.86. The molecule has 1 aromatic carbocycles. The summed E-state index contributed by atoms with van der Waals surface area (Å²) in [4.78, 5) is -0.263. The average molecular weight is 371 g/mol. The van der Waals surface area contributed by atoms with Crippen molar-refractivity contribution in [2.45, 2.75) is 42.6 Å². The lowest BCUT2D eigenvalue weighted by Gasteiger charge is -2.60. The summed E-state index contributed by atoms with van der Waals surface area (Å²) in [5.41, 5.74) is -0.487. The Hall–Kier alpha value is -1.05. The molecule has 7 heteroatoms. The first-order chi connectivity index (χ1) is 11.8. The van der Waals surface area contributed by atoms with Crippen molar-refractivity contribution in [3.05, 3.63) is 29.8 Å². The molecule has 4 nitrogen and oxygen atoms in total. The molecule has 0 atom stereocenters. The lowest BCUT2D eigenvalue weighted by atomic mass is 9.50. The van der Waals surface area contributed by atoms with Crippen LogP contribution in [0.3, 0.4) is 0 Å². The first kappa shape index (κ1) is 17.4. The molecule has 4 fully saturated rings. The molecule has 0 unspecified atom stereocenters. The second kappa shape index (κ2) is 5.99. The van der Waals surface area contributed by atoms with Gasteiger partial charge in [0.05, 0.1) is 10.5 Å². The maximum Gasteiger partial charge on any atom is 0.240 e. The molecule has 0 radical (unpaired) electrons. The number of halogens is 2. The minimum Gasteiger partial charge on any atom is -0.376 e. The van der Waals surface area contributed by atoms with Crippen molar-refractivity contribution in [3.8, 4) is 0 Å². The zero-order chi connectivity index (χ0) is 17.8. The number of methoxy groups -OCH3 is 1. The van der Waals surface area contributed by atoms with Crippen LogP contribution in [0.1, 0.15) is 32.1 Å². The van der Waals surface area contributed by atoms with Crippen molar-refractivity contribution >= 4 is 10.0 Å². The fourth-order valence-electron chi connectivity index (χ4n) is 5.61. The quantitative estimate of drug-likeness (QED) is 0.865. The van der Waals surface area contributed by atoms with Crippen LogP contribution in [0, 0.1) is 35.3 Å². The summed E-state index contributed by atoms with van der Waals surface area (Å²) in [5.74, 6) is -0.0164. The molecule has 25 heavy (non-hydrogen) atoms. The molecular weight excluding hydrogens is 348 g/mol. The van der Waals surface area contributed by atoms with E-state index in [1.807, 2.05) is 0 Å². The SMILES string of the molecule is COC1(CNS(=O)(=O)c2ccc(F)c(F)c2)C2CC3CC(C2)CC1C3. The van der Waals surface area contributed by atoms with Gasteiger partial charge in [-0.15, -0.1) is 0 Å². The Balaban J connectivity index is 1.55. The molecule has 4 saturated carbocycles. The third kappa shape index (κ3) is 2.80. The number of sulfonamides is 1. The highest BCUT2D eigenvalue weighted by Gasteiger charge is 2.57. The largest absolute Gasteiger partial charge is 0.376 e. The number of ether oxygens (including phenoxy) is 1. The molecule has 138 valence electrons. The Morgan fingerprint density at radius 3 is 2.20 bits per heavy atom. The van der Waals surface area contributed by atoms with Gasteiger partial charge in [-0.2, -0.15) is 0 Å². The van der Waals surface area contributed by atoms with Gasteiger partial charge in [-0.1, -0.05) is 0 Å². The molecular formula is C18H23F2NO3S. The summed E-state index contributed by atoms with van der Waals surface area (Å²) in [6.45, 7) is 0.180. The van der Waals surface area contributed by atoms with Gasteiger partial charge in [0, 0.05) is 13.7 Å². The molecule has 0 saturated heterocycles. The van der Waals surface area contributed by atoms with E-state index in [9.17, 15) is 17.2 Å². The highest BCUT2D eigenvalue weighted by atomic mass is 32.2. The van der Waals surface area contributed by atoms with Gasteiger partial charge >= 0.3 is 0 Å². The van der Waals surface area contributed by atoms with Crippen molar-refractivity contribution < 1.29 is 21.9 Å². The van der Waals surface area contributed by atoms with Gasteiger partial charge in [0.25, 0.3) is 0 Å². The number of benzene rings is 1. The van der Waals surface area contributed by atoms with E-state index in [1.165, 1.54) is 6.42 Å². The lowest BCUT2D eigenvalue weighted by Crippen LogP contribution is -2.63. The van der Waals surface area contributed by atoms with Crippen LogP contribution in [0.2, 0.25) is 0 Å². The third-order valence-corrected chi connectivity index (χ3v) is 8.04. The van der Waals surface area contributed by atoms with E-state index in [-0.39, 0.29) is 11.4 Å². The molecule has 4 bridgehead atoms. The number of rotatable bonds is 5. The standard InChI is InChI=1S/C18H23F2NO3S/c1-24-18(13-5-11-4-12(7-13)8-14(18)6-11)10-21-25(22,23)15-2-3-16(19)17(20)9-15/h2-3,9,11-14,21H,4-8,10H2,1H3. The maximum absolute atomic E-state index is 13.4. The van der Waals surface area contributed by atoms with Gasteiger partial charge in [0.2, 0.25) is 10.0 Å². The third-order valence-electron chi connectivity index (χ3n) is 6.64. The van der Waals surface area contributed by atoms with Gasteiger partial charge in [-0.25, -0.2) is 21.9 Å². The van der Waals surface area contributed by atoms with E-state index in [0.717, 1.165) is 49.7 Å². The topological polar surface area (TPSA) is 55.4 Å².